The number of fused-ring (bicyclic) bond motifs is 2. The third kappa shape index (κ3) is 2.83. The van der Waals surface area contributed by atoms with E-state index in [1.807, 2.05) is 53.2 Å². The molecule has 0 aliphatic carbocycles. The summed E-state index contributed by atoms with van der Waals surface area (Å²) in [4.78, 5) is 19.0. The Morgan fingerprint density at radius 2 is 1.87 bits per heavy atom. The van der Waals surface area contributed by atoms with Gasteiger partial charge in [-0.3, -0.25) is 14.5 Å². The molecular weight excluding hydrogens is 377 g/mol. The van der Waals surface area contributed by atoms with Crippen LogP contribution in [0.4, 0.5) is 4.39 Å². The molecule has 8 heteroatoms. The molecule has 5 rings (SSSR count). The molecule has 4 aromatic rings. The molecule has 0 spiro atoms. The molecule has 0 bridgehead atoms. The van der Waals surface area contributed by atoms with E-state index in [0.717, 1.165) is 27.7 Å². The summed E-state index contributed by atoms with van der Waals surface area (Å²) in [6.45, 7) is 0.190. The second-order valence-corrected chi connectivity index (χ2v) is 8.23. The first-order valence-corrected chi connectivity index (χ1v) is 9.84. The Balaban J connectivity index is 1.46. The van der Waals surface area contributed by atoms with Crippen LogP contribution in [0, 0.1) is 5.82 Å². The molecule has 0 fully saturated rings. The van der Waals surface area contributed by atoms with Crippen LogP contribution in [0.15, 0.2) is 60.9 Å². The van der Waals surface area contributed by atoms with E-state index >= 15 is 4.39 Å². The van der Waals surface area contributed by atoms with Gasteiger partial charge in [0.05, 0.1) is 16.8 Å². The Morgan fingerprint density at radius 1 is 1.10 bits per heavy atom. The minimum Gasteiger partial charge on any atom is -0.339 e. The Morgan fingerprint density at radius 3 is 2.63 bits per heavy atom. The summed E-state index contributed by atoms with van der Waals surface area (Å²) in [6.07, 6.45) is 3.63. The van der Waals surface area contributed by atoms with Crippen LogP contribution >= 0.6 is 0 Å². The van der Waals surface area contributed by atoms with E-state index in [1.54, 1.807) is 34.0 Å². The number of aryl methyl sites for hydroxylation is 1. The number of benzene rings is 2. The maximum Gasteiger partial charge on any atom is 0.255 e. The SMILES string of the molecule is BC1(B)c2ncccc2C(=O)N1Cc1ccc(-c2ccc3nn(C)cc3c2)cc1F. The average molecular weight is 396 g/mol. The topological polar surface area (TPSA) is 51.0 Å². The van der Waals surface area contributed by atoms with E-state index in [9.17, 15) is 4.79 Å². The number of hydrogen-bond donors (Lipinski definition) is 0. The predicted octanol–water partition coefficient (Wildman–Crippen LogP) is 1.81. The number of halogens is 1. The summed E-state index contributed by atoms with van der Waals surface area (Å²) in [5.41, 5.74) is 4.42. The molecule has 0 atom stereocenters. The highest BCUT2D eigenvalue weighted by molar-refractivity contribution is 6.42. The van der Waals surface area contributed by atoms with Crippen molar-refractivity contribution in [2.45, 2.75) is 11.9 Å². The molecule has 1 aliphatic heterocycles. The van der Waals surface area contributed by atoms with E-state index < -0.39 is 5.34 Å². The zero-order valence-corrected chi connectivity index (χ0v) is 17.1. The van der Waals surface area contributed by atoms with Gasteiger partial charge in [0.15, 0.2) is 0 Å². The predicted molar refractivity (Wildman–Crippen MR) is 119 cm³/mol. The van der Waals surface area contributed by atoms with Gasteiger partial charge < -0.3 is 4.90 Å². The van der Waals surface area contributed by atoms with Crippen LogP contribution in [0.25, 0.3) is 22.0 Å². The van der Waals surface area contributed by atoms with Crippen LogP contribution in [0.3, 0.4) is 0 Å². The number of carbonyl (C=O) groups excluding carboxylic acids is 1. The van der Waals surface area contributed by atoms with Crippen molar-refractivity contribution in [2.24, 2.45) is 7.05 Å². The van der Waals surface area contributed by atoms with Crippen molar-refractivity contribution in [3.8, 4) is 11.1 Å². The second kappa shape index (κ2) is 6.55. The minimum absolute atomic E-state index is 0.117. The molecule has 0 radical (unpaired) electrons. The normalized spacial score (nSPS) is 15.0. The molecule has 1 amide bonds. The quantitative estimate of drug-likeness (QED) is 0.497. The van der Waals surface area contributed by atoms with Crippen molar-refractivity contribution < 1.29 is 9.18 Å². The molecule has 0 N–H and O–H groups in total. The number of hydrogen-bond acceptors (Lipinski definition) is 3. The zero-order chi connectivity index (χ0) is 21.0. The van der Waals surface area contributed by atoms with Crippen LogP contribution in [0.5, 0.6) is 0 Å². The van der Waals surface area contributed by atoms with Gasteiger partial charge in [-0.25, -0.2) is 4.39 Å². The van der Waals surface area contributed by atoms with E-state index in [2.05, 4.69) is 10.1 Å². The van der Waals surface area contributed by atoms with Crippen molar-refractivity contribution >= 4 is 32.5 Å². The third-order valence-corrected chi connectivity index (χ3v) is 5.87. The van der Waals surface area contributed by atoms with Gasteiger partial charge >= 0.3 is 0 Å². The molecule has 30 heavy (non-hydrogen) atoms. The molecule has 3 heterocycles. The summed E-state index contributed by atoms with van der Waals surface area (Å²) in [5.74, 6) is -0.445. The maximum atomic E-state index is 15.0. The van der Waals surface area contributed by atoms with Gasteiger partial charge in [-0.2, -0.15) is 5.10 Å². The van der Waals surface area contributed by atoms with Crippen molar-refractivity contribution in [1.82, 2.24) is 19.7 Å². The lowest BCUT2D eigenvalue weighted by Crippen LogP contribution is -2.44. The fraction of sp³-hybridized carbons (Fsp3) is 0.136. The Labute approximate surface area is 175 Å². The number of pyridine rings is 1. The van der Waals surface area contributed by atoms with Crippen LogP contribution in [0.1, 0.15) is 21.6 Å². The first-order valence-electron chi connectivity index (χ1n) is 9.84. The number of nitrogens with zero attached hydrogens (tertiary/aromatic N) is 4. The number of carbonyl (C=O) groups is 1. The monoisotopic (exact) mass is 396 g/mol. The molecule has 0 saturated carbocycles. The van der Waals surface area contributed by atoms with Crippen molar-refractivity contribution in [3.63, 3.8) is 0 Å². The highest BCUT2D eigenvalue weighted by Gasteiger charge is 2.43. The van der Waals surface area contributed by atoms with Crippen molar-refractivity contribution in [2.75, 3.05) is 0 Å². The van der Waals surface area contributed by atoms with Gasteiger partial charge in [0.1, 0.15) is 21.5 Å². The first kappa shape index (κ1) is 18.6. The molecule has 0 unspecified atom stereocenters. The zero-order valence-electron chi connectivity index (χ0n) is 17.1. The lowest BCUT2D eigenvalue weighted by molar-refractivity contribution is 0.0729. The number of rotatable bonds is 3. The molecule has 2 aromatic heterocycles. The minimum atomic E-state index is -0.593. The molecule has 1 aliphatic rings. The summed E-state index contributed by atoms with van der Waals surface area (Å²) in [5, 5.41) is 4.79. The molecule has 5 nitrogen and oxygen atoms in total. The van der Waals surface area contributed by atoms with Gasteiger partial charge in [0.25, 0.3) is 5.91 Å². The molecule has 2 aromatic carbocycles. The van der Waals surface area contributed by atoms with E-state index in [4.69, 9.17) is 0 Å². The first-order chi connectivity index (χ1) is 14.3. The van der Waals surface area contributed by atoms with Gasteiger partial charge in [0, 0.05) is 42.3 Å². The van der Waals surface area contributed by atoms with E-state index in [1.165, 1.54) is 6.07 Å². The fourth-order valence-electron chi connectivity index (χ4n) is 4.22. The summed E-state index contributed by atoms with van der Waals surface area (Å²) >= 11 is 0. The summed E-state index contributed by atoms with van der Waals surface area (Å²) in [7, 11) is 5.77. The largest absolute Gasteiger partial charge is 0.339 e. The summed E-state index contributed by atoms with van der Waals surface area (Å²) < 4.78 is 16.8. The fourth-order valence-corrected chi connectivity index (χ4v) is 4.22. The van der Waals surface area contributed by atoms with Crippen molar-refractivity contribution in [3.05, 3.63) is 83.6 Å². The lowest BCUT2D eigenvalue weighted by Gasteiger charge is -2.32. The lowest BCUT2D eigenvalue weighted by atomic mass is 9.59. The highest BCUT2D eigenvalue weighted by atomic mass is 19.1. The van der Waals surface area contributed by atoms with Crippen molar-refractivity contribution in [1.29, 1.82) is 0 Å². The maximum absolute atomic E-state index is 15.0. The molecule has 146 valence electrons. The van der Waals surface area contributed by atoms with Gasteiger partial charge in [-0.1, -0.05) is 18.2 Å². The van der Waals surface area contributed by atoms with Crippen LogP contribution < -0.4 is 0 Å². The Hall–Kier alpha value is -3.41. The highest BCUT2D eigenvalue weighted by Crippen LogP contribution is 2.35. The molecule has 0 saturated heterocycles. The average Bonchev–Trinajstić information content (AvgIpc) is 3.19. The second-order valence-electron chi connectivity index (χ2n) is 8.23. The number of amides is 1. The Bertz CT molecular complexity index is 1320. The van der Waals surface area contributed by atoms with Crippen LogP contribution in [-0.2, 0) is 18.9 Å². The summed E-state index contributed by atoms with van der Waals surface area (Å²) in [6, 6.07) is 14.6. The van der Waals surface area contributed by atoms with Crippen LogP contribution in [0.2, 0.25) is 0 Å². The third-order valence-electron chi connectivity index (χ3n) is 5.87. The van der Waals surface area contributed by atoms with Gasteiger partial charge in [-0.05, 0) is 41.5 Å². The number of aromatic nitrogens is 3. The Kier molecular flexibility index (Phi) is 4.07. The van der Waals surface area contributed by atoms with E-state index in [-0.39, 0.29) is 18.3 Å². The molecular formula is C22H19B2FN4O. The smallest absolute Gasteiger partial charge is 0.255 e. The van der Waals surface area contributed by atoms with Gasteiger partial charge in [-0.15, -0.1) is 0 Å². The standard InChI is InChI=1S/C22H19B2FN4O/c1-28-11-16-9-13(6-7-19(16)27-28)14-4-5-15(18(25)10-14)12-29-21(30)17-3-2-8-26-20(17)22(29,23)24/h2-11H,12,23-24H2,1H3. The van der Waals surface area contributed by atoms with Gasteiger partial charge in [0.2, 0.25) is 0 Å². The van der Waals surface area contributed by atoms with Crippen LogP contribution in [-0.4, -0.2) is 41.3 Å². The van der Waals surface area contributed by atoms with E-state index in [0.29, 0.717) is 11.1 Å².